The van der Waals surface area contributed by atoms with Crippen molar-refractivity contribution in [1.82, 2.24) is 0 Å². The van der Waals surface area contributed by atoms with E-state index in [1.165, 1.54) is 29.5 Å². The third kappa shape index (κ3) is 2.83. The van der Waals surface area contributed by atoms with Crippen LogP contribution in [-0.4, -0.2) is 19.3 Å². The molecule has 1 aromatic carbocycles. The summed E-state index contributed by atoms with van der Waals surface area (Å²) in [6.45, 7) is 2.96. The predicted molar refractivity (Wildman–Crippen MR) is 66.6 cm³/mol. The Hall–Kier alpha value is -0.860. The second kappa shape index (κ2) is 4.56. The average molecular weight is 219 g/mol. The largest absolute Gasteiger partial charge is 0.384 e. The van der Waals surface area contributed by atoms with Crippen LogP contribution in [0.3, 0.4) is 0 Å². The van der Waals surface area contributed by atoms with Gasteiger partial charge in [-0.2, -0.15) is 0 Å². The summed E-state index contributed by atoms with van der Waals surface area (Å²) in [5.74, 6) is 0. The molecule has 2 rings (SSSR count). The predicted octanol–water partition coefficient (Wildman–Crippen LogP) is 2.22. The van der Waals surface area contributed by atoms with Crippen molar-refractivity contribution < 1.29 is 4.74 Å². The third-order valence-corrected chi connectivity index (χ3v) is 3.44. The molecule has 2 heteroatoms. The minimum atomic E-state index is 0.102. The molecule has 0 saturated heterocycles. The Labute approximate surface area is 97.8 Å². The molecule has 16 heavy (non-hydrogen) atoms. The first-order valence-electron chi connectivity index (χ1n) is 5.99. The smallest absolute Gasteiger partial charge is 0.0502 e. The summed E-state index contributed by atoms with van der Waals surface area (Å²) in [7, 11) is 1.74. The number of methoxy groups -OCH3 is 1. The van der Waals surface area contributed by atoms with E-state index >= 15 is 0 Å². The first-order valence-corrected chi connectivity index (χ1v) is 5.99. The lowest BCUT2D eigenvalue weighted by molar-refractivity contribution is 0.202. The molecule has 1 aliphatic carbocycles. The summed E-state index contributed by atoms with van der Waals surface area (Å²) in [5.41, 5.74) is 10.4. The summed E-state index contributed by atoms with van der Waals surface area (Å²) in [4.78, 5) is 0. The number of ether oxygens (including phenoxy) is 1. The zero-order valence-electron chi connectivity index (χ0n) is 10.3. The minimum Gasteiger partial charge on any atom is -0.384 e. The first-order chi connectivity index (χ1) is 7.63. The molecule has 1 aromatic rings. The van der Waals surface area contributed by atoms with Crippen molar-refractivity contribution in [1.29, 1.82) is 0 Å². The molecule has 2 nitrogen and oxygen atoms in total. The number of rotatable bonds is 5. The van der Waals surface area contributed by atoms with Gasteiger partial charge in [0.25, 0.3) is 0 Å². The van der Waals surface area contributed by atoms with Crippen LogP contribution in [0.2, 0.25) is 0 Å². The zero-order valence-corrected chi connectivity index (χ0v) is 10.3. The average Bonchev–Trinajstić information content (AvgIpc) is 2.98. The molecular formula is C14H21NO. The Balaban J connectivity index is 2.09. The van der Waals surface area contributed by atoms with Gasteiger partial charge in [-0.1, -0.05) is 18.2 Å². The lowest BCUT2D eigenvalue weighted by Gasteiger charge is -2.13. The van der Waals surface area contributed by atoms with E-state index in [0.717, 1.165) is 19.4 Å². The fourth-order valence-corrected chi connectivity index (χ4v) is 2.01. The van der Waals surface area contributed by atoms with Crippen LogP contribution in [0.25, 0.3) is 0 Å². The number of aryl methyl sites for hydroxylation is 1. The molecule has 1 fully saturated rings. The molecule has 0 aliphatic heterocycles. The van der Waals surface area contributed by atoms with E-state index < -0.39 is 0 Å². The maximum atomic E-state index is 6.17. The summed E-state index contributed by atoms with van der Waals surface area (Å²) >= 11 is 0. The van der Waals surface area contributed by atoms with Gasteiger partial charge in [-0.15, -0.1) is 0 Å². The highest BCUT2D eigenvalue weighted by atomic mass is 16.5. The van der Waals surface area contributed by atoms with Gasteiger partial charge in [-0.05, 0) is 49.3 Å². The van der Waals surface area contributed by atoms with Crippen LogP contribution < -0.4 is 5.73 Å². The van der Waals surface area contributed by atoms with Crippen LogP contribution in [0.4, 0.5) is 0 Å². The van der Waals surface area contributed by atoms with E-state index in [2.05, 4.69) is 25.1 Å². The van der Waals surface area contributed by atoms with E-state index in [0.29, 0.717) is 0 Å². The van der Waals surface area contributed by atoms with Gasteiger partial charge in [0.05, 0.1) is 6.61 Å². The molecule has 0 spiro atoms. The van der Waals surface area contributed by atoms with E-state index in [4.69, 9.17) is 10.5 Å². The quantitative estimate of drug-likeness (QED) is 0.824. The second-order valence-corrected chi connectivity index (χ2v) is 5.04. The Morgan fingerprint density at radius 3 is 2.75 bits per heavy atom. The molecule has 0 heterocycles. The van der Waals surface area contributed by atoms with Crippen LogP contribution in [0.5, 0.6) is 0 Å². The maximum Gasteiger partial charge on any atom is 0.0502 e. The van der Waals surface area contributed by atoms with E-state index in [1.54, 1.807) is 7.11 Å². The van der Waals surface area contributed by atoms with Crippen molar-refractivity contribution in [2.24, 2.45) is 5.73 Å². The molecule has 0 unspecified atom stereocenters. The van der Waals surface area contributed by atoms with Gasteiger partial charge in [0.2, 0.25) is 0 Å². The zero-order chi connectivity index (χ0) is 11.6. The monoisotopic (exact) mass is 219 g/mol. The number of nitrogens with two attached hydrogens (primary N) is 1. The number of benzene rings is 1. The topological polar surface area (TPSA) is 35.2 Å². The lowest BCUT2D eigenvalue weighted by Crippen LogP contribution is -2.25. The van der Waals surface area contributed by atoms with Gasteiger partial charge in [-0.25, -0.2) is 0 Å². The Morgan fingerprint density at radius 2 is 2.12 bits per heavy atom. The van der Waals surface area contributed by atoms with Crippen molar-refractivity contribution >= 4 is 0 Å². The minimum absolute atomic E-state index is 0.102. The summed E-state index contributed by atoms with van der Waals surface area (Å²) < 4.78 is 5.10. The van der Waals surface area contributed by atoms with Crippen molar-refractivity contribution in [3.63, 3.8) is 0 Å². The second-order valence-electron chi connectivity index (χ2n) is 5.04. The molecule has 0 bridgehead atoms. The highest BCUT2D eigenvalue weighted by molar-refractivity contribution is 5.33. The van der Waals surface area contributed by atoms with Crippen LogP contribution in [0.1, 0.15) is 29.5 Å². The molecule has 2 N–H and O–H groups in total. The van der Waals surface area contributed by atoms with E-state index in [-0.39, 0.29) is 5.54 Å². The first kappa shape index (κ1) is 11.6. The van der Waals surface area contributed by atoms with Gasteiger partial charge in [0.1, 0.15) is 0 Å². The maximum absolute atomic E-state index is 6.17. The number of hydrogen-bond donors (Lipinski definition) is 1. The van der Waals surface area contributed by atoms with Gasteiger partial charge in [-0.3, -0.25) is 0 Å². The van der Waals surface area contributed by atoms with Gasteiger partial charge in [0, 0.05) is 12.6 Å². The van der Waals surface area contributed by atoms with Gasteiger partial charge >= 0.3 is 0 Å². The summed E-state index contributed by atoms with van der Waals surface area (Å²) in [5, 5.41) is 0. The molecule has 88 valence electrons. The Bertz CT molecular complexity index is 369. The SMILES string of the molecule is COCCc1ccc(C)c(CC2(N)CC2)c1. The van der Waals surface area contributed by atoms with Crippen LogP contribution in [-0.2, 0) is 17.6 Å². The molecule has 0 atom stereocenters. The molecule has 1 saturated carbocycles. The molecule has 0 amide bonds. The van der Waals surface area contributed by atoms with Gasteiger partial charge < -0.3 is 10.5 Å². The standard InChI is InChI=1S/C14H21NO/c1-11-3-4-12(5-8-16-2)9-13(11)10-14(15)6-7-14/h3-4,9H,5-8,10,15H2,1-2H3. The Morgan fingerprint density at radius 1 is 1.38 bits per heavy atom. The molecule has 1 aliphatic rings. The summed E-state index contributed by atoms with van der Waals surface area (Å²) in [6.07, 6.45) is 4.37. The van der Waals surface area contributed by atoms with Crippen molar-refractivity contribution in [3.8, 4) is 0 Å². The molecule has 0 aromatic heterocycles. The van der Waals surface area contributed by atoms with Crippen LogP contribution in [0.15, 0.2) is 18.2 Å². The van der Waals surface area contributed by atoms with E-state index in [1.807, 2.05) is 0 Å². The highest BCUT2D eigenvalue weighted by Gasteiger charge is 2.38. The Kier molecular flexibility index (Phi) is 3.31. The van der Waals surface area contributed by atoms with Crippen molar-refractivity contribution in [3.05, 3.63) is 34.9 Å². The van der Waals surface area contributed by atoms with Crippen molar-refractivity contribution in [2.75, 3.05) is 13.7 Å². The van der Waals surface area contributed by atoms with Crippen LogP contribution >= 0.6 is 0 Å². The van der Waals surface area contributed by atoms with Crippen LogP contribution in [0, 0.1) is 6.92 Å². The van der Waals surface area contributed by atoms with E-state index in [9.17, 15) is 0 Å². The fraction of sp³-hybridized carbons (Fsp3) is 0.571. The fourth-order valence-electron chi connectivity index (χ4n) is 2.01. The third-order valence-electron chi connectivity index (χ3n) is 3.44. The lowest BCUT2D eigenvalue weighted by atomic mass is 9.97. The van der Waals surface area contributed by atoms with Gasteiger partial charge in [0.15, 0.2) is 0 Å². The van der Waals surface area contributed by atoms with Crippen molar-refractivity contribution in [2.45, 2.75) is 38.1 Å². The number of hydrogen-bond acceptors (Lipinski definition) is 2. The highest BCUT2D eigenvalue weighted by Crippen LogP contribution is 2.36. The molecular weight excluding hydrogens is 198 g/mol. The summed E-state index contributed by atoms with van der Waals surface area (Å²) in [6, 6.07) is 6.68. The normalized spacial score (nSPS) is 17.4. The molecule has 0 radical (unpaired) electrons.